The van der Waals surface area contributed by atoms with Gasteiger partial charge in [0.2, 0.25) is 5.91 Å². The van der Waals surface area contributed by atoms with Gasteiger partial charge in [-0.2, -0.15) is 0 Å². The molecule has 30 heavy (non-hydrogen) atoms. The second kappa shape index (κ2) is 9.39. The highest BCUT2D eigenvalue weighted by molar-refractivity contribution is 5.83. The Labute approximate surface area is 174 Å². The maximum absolute atomic E-state index is 12.3. The molecular formula is C22H26N4O4. The van der Waals surface area contributed by atoms with Gasteiger partial charge in [0.15, 0.2) is 0 Å². The molecule has 2 heterocycles. The van der Waals surface area contributed by atoms with E-state index in [2.05, 4.69) is 19.9 Å². The first-order valence-electron chi connectivity index (χ1n) is 9.92. The smallest absolute Gasteiger partial charge is 0.326 e. The van der Waals surface area contributed by atoms with Gasteiger partial charge in [-0.25, -0.2) is 9.78 Å². The molecule has 3 rings (SSSR count). The van der Waals surface area contributed by atoms with Gasteiger partial charge in [0, 0.05) is 25.6 Å². The Balaban J connectivity index is 1.51. The van der Waals surface area contributed by atoms with Crippen LogP contribution in [0.5, 0.6) is 5.75 Å². The van der Waals surface area contributed by atoms with Gasteiger partial charge in [-0.05, 0) is 56.0 Å². The number of nitrogens with zero attached hydrogens (tertiary/aromatic N) is 3. The zero-order valence-electron chi connectivity index (χ0n) is 17.1. The van der Waals surface area contributed by atoms with Gasteiger partial charge in [0.25, 0.3) is 0 Å². The van der Waals surface area contributed by atoms with E-state index in [0.29, 0.717) is 6.42 Å². The van der Waals surface area contributed by atoms with Gasteiger partial charge in [0.1, 0.15) is 23.1 Å². The number of aliphatic carboxylic acids is 1. The number of amides is 1. The highest BCUT2D eigenvalue weighted by Crippen LogP contribution is 2.18. The minimum absolute atomic E-state index is 0.129. The number of carbonyl (C=O) groups is 2. The maximum Gasteiger partial charge on any atom is 0.326 e. The molecule has 0 aliphatic rings. The third-order valence-corrected chi connectivity index (χ3v) is 5.16. The van der Waals surface area contributed by atoms with E-state index in [0.717, 1.165) is 41.0 Å². The molecule has 1 atom stereocenters. The second-order valence-electron chi connectivity index (χ2n) is 7.41. The van der Waals surface area contributed by atoms with Gasteiger partial charge in [-0.3, -0.25) is 9.78 Å². The van der Waals surface area contributed by atoms with Crippen molar-refractivity contribution in [1.82, 2.24) is 19.9 Å². The summed E-state index contributed by atoms with van der Waals surface area (Å²) in [6.45, 7) is 4.47. The SMILES string of the molecule is Cc1cc(O)ccc1C[C@H](NC(=O)CCCCn1c(C)nc2cnccc21)C(=O)O. The minimum atomic E-state index is -1.08. The molecule has 1 aromatic carbocycles. The molecule has 2 aromatic heterocycles. The van der Waals surface area contributed by atoms with Crippen LogP contribution in [0, 0.1) is 13.8 Å². The highest BCUT2D eigenvalue weighted by atomic mass is 16.4. The molecule has 8 heteroatoms. The van der Waals surface area contributed by atoms with Crippen molar-refractivity contribution in [2.75, 3.05) is 0 Å². The van der Waals surface area contributed by atoms with Crippen LogP contribution in [0.15, 0.2) is 36.7 Å². The van der Waals surface area contributed by atoms with Gasteiger partial charge < -0.3 is 20.1 Å². The van der Waals surface area contributed by atoms with Gasteiger partial charge in [-0.15, -0.1) is 0 Å². The van der Waals surface area contributed by atoms with Crippen LogP contribution in [0.2, 0.25) is 0 Å². The van der Waals surface area contributed by atoms with E-state index in [1.54, 1.807) is 31.5 Å². The number of carboxylic acid groups (broad SMARTS) is 1. The van der Waals surface area contributed by atoms with Crippen molar-refractivity contribution >= 4 is 22.9 Å². The van der Waals surface area contributed by atoms with Gasteiger partial charge in [0.05, 0.1) is 11.7 Å². The molecule has 0 saturated carbocycles. The van der Waals surface area contributed by atoms with E-state index < -0.39 is 12.0 Å². The highest BCUT2D eigenvalue weighted by Gasteiger charge is 2.21. The Bertz CT molecular complexity index is 1060. The molecule has 0 unspecified atom stereocenters. The number of carboxylic acids is 1. The van der Waals surface area contributed by atoms with Crippen LogP contribution in [0.3, 0.4) is 0 Å². The molecule has 0 saturated heterocycles. The number of fused-ring (bicyclic) bond motifs is 1. The number of carbonyl (C=O) groups excluding carboxylic acids is 1. The number of hydrogen-bond acceptors (Lipinski definition) is 5. The molecular weight excluding hydrogens is 384 g/mol. The maximum atomic E-state index is 12.3. The lowest BCUT2D eigenvalue weighted by Gasteiger charge is -2.16. The number of aromatic hydroxyl groups is 1. The summed E-state index contributed by atoms with van der Waals surface area (Å²) in [5.41, 5.74) is 3.43. The summed E-state index contributed by atoms with van der Waals surface area (Å²) >= 11 is 0. The Morgan fingerprint density at radius 3 is 2.73 bits per heavy atom. The van der Waals surface area contributed by atoms with Crippen LogP contribution in [0.4, 0.5) is 0 Å². The summed E-state index contributed by atoms with van der Waals surface area (Å²) in [5, 5.41) is 21.6. The number of aromatic nitrogens is 3. The molecule has 0 aliphatic carbocycles. The van der Waals surface area contributed by atoms with Crippen LogP contribution < -0.4 is 5.32 Å². The van der Waals surface area contributed by atoms with E-state index in [-0.39, 0.29) is 24.5 Å². The predicted octanol–water partition coefficient (Wildman–Crippen LogP) is 2.74. The van der Waals surface area contributed by atoms with Crippen LogP contribution in [0.25, 0.3) is 11.0 Å². The first kappa shape index (κ1) is 21.3. The molecule has 8 nitrogen and oxygen atoms in total. The van der Waals surface area contributed by atoms with Crippen molar-refractivity contribution in [1.29, 1.82) is 0 Å². The lowest BCUT2D eigenvalue weighted by molar-refractivity contribution is -0.141. The number of imidazole rings is 1. The lowest BCUT2D eigenvalue weighted by Crippen LogP contribution is -2.42. The third kappa shape index (κ3) is 5.14. The largest absolute Gasteiger partial charge is 0.508 e. The van der Waals surface area contributed by atoms with Gasteiger partial charge >= 0.3 is 5.97 Å². The Hall–Kier alpha value is -3.42. The quantitative estimate of drug-likeness (QED) is 0.467. The van der Waals surface area contributed by atoms with Crippen molar-refractivity contribution < 1.29 is 19.8 Å². The first-order valence-corrected chi connectivity index (χ1v) is 9.92. The molecule has 0 bridgehead atoms. The van der Waals surface area contributed by atoms with E-state index in [4.69, 9.17) is 0 Å². The van der Waals surface area contributed by atoms with Crippen molar-refractivity contribution in [3.8, 4) is 5.75 Å². The number of phenols is 1. The summed E-state index contributed by atoms with van der Waals surface area (Å²) in [7, 11) is 0. The number of unbranched alkanes of at least 4 members (excludes halogenated alkanes) is 1. The molecule has 0 aliphatic heterocycles. The van der Waals surface area contributed by atoms with Crippen LogP contribution in [0.1, 0.15) is 36.2 Å². The summed E-state index contributed by atoms with van der Waals surface area (Å²) in [6, 6.07) is 5.69. The number of aryl methyl sites for hydroxylation is 3. The monoisotopic (exact) mass is 410 g/mol. The van der Waals surface area contributed by atoms with Crippen LogP contribution >= 0.6 is 0 Å². The standard InChI is InChI=1S/C22H26N4O4/c1-14-11-17(27)7-6-16(14)12-18(22(29)30)25-21(28)5-3-4-10-26-15(2)24-19-13-23-9-8-20(19)26/h6-9,11,13,18,27H,3-5,10,12H2,1-2H3,(H,25,28)(H,29,30)/t18-/m0/s1. The molecule has 0 radical (unpaired) electrons. The average molecular weight is 410 g/mol. The molecule has 3 N–H and O–H groups in total. The van der Waals surface area contributed by atoms with E-state index in [1.165, 1.54) is 6.07 Å². The molecule has 158 valence electrons. The summed E-state index contributed by atoms with van der Waals surface area (Å²) < 4.78 is 2.10. The topological polar surface area (TPSA) is 117 Å². The van der Waals surface area contributed by atoms with Crippen molar-refractivity contribution in [2.24, 2.45) is 0 Å². The normalized spacial score (nSPS) is 12.1. The van der Waals surface area contributed by atoms with Crippen molar-refractivity contribution in [3.05, 3.63) is 53.6 Å². The van der Waals surface area contributed by atoms with Crippen molar-refractivity contribution in [3.63, 3.8) is 0 Å². The third-order valence-electron chi connectivity index (χ3n) is 5.16. The number of nitrogens with one attached hydrogen (secondary N) is 1. The number of phenolic OH excluding ortho intramolecular Hbond substituents is 1. The van der Waals surface area contributed by atoms with Crippen molar-refractivity contribution in [2.45, 2.75) is 52.1 Å². The van der Waals surface area contributed by atoms with Gasteiger partial charge in [-0.1, -0.05) is 6.07 Å². The molecule has 0 spiro atoms. The van der Waals surface area contributed by atoms with Crippen LogP contribution in [-0.4, -0.2) is 42.7 Å². The fraction of sp³-hybridized carbons (Fsp3) is 0.364. The predicted molar refractivity (Wildman–Crippen MR) is 112 cm³/mol. The number of hydrogen-bond donors (Lipinski definition) is 3. The fourth-order valence-corrected chi connectivity index (χ4v) is 3.54. The number of benzene rings is 1. The zero-order valence-corrected chi connectivity index (χ0v) is 17.1. The molecule has 3 aromatic rings. The fourth-order valence-electron chi connectivity index (χ4n) is 3.54. The number of pyridine rings is 1. The summed E-state index contributed by atoms with van der Waals surface area (Å²) in [5.74, 6) is -0.331. The molecule has 0 fully saturated rings. The Kier molecular flexibility index (Phi) is 6.66. The second-order valence-corrected chi connectivity index (χ2v) is 7.41. The summed E-state index contributed by atoms with van der Waals surface area (Å²) in [6.07, 6.45) is 5.30. The minimum Gasteiger partial charge on any atom is -0.508 e. The zero-order chi connectivity index (χ0) is 21.7. The van der Waals surface area contributed by atoms with E-state index >= 15 is 0 Å². The van der Waals surface area contributed by atoms with Crippen LogP contribution in [-0.2, 0) is 22.6 Å². The Morgan fingerprint density at radius 2 is 2.00 bits per heavy atom. The Morgan fingerprint density at radius 1 is 1.20 bits per heavy atom. The first-order chi connectivity index (χ1) is 14.3. The average Bonchev–Trinajstić information content (AvgIpc) is 3.01. The number of rotatable bonds is 9. The van der Waals surface area contributed by atoms with E-state index in [1.807, 2.05) is 13.0 Å². The van der Waals surface area contributed by atoms with E-state index in [9.17, 15) is 19.8 Å². The molecule has 1 amide bonds. The summed E-state index contributed by atoms with van der Waals surface area (Å²) in [4.78, 5) is 32.4. The lowest BCUT2D eigenvalue weighted by atomic mass is 10.0.